The summed E-state index contributed by atoms with van der Waals surface area (Å²) in [5.41, 5.74) is 0. The molecule has 0 amide bonds. The van der Waals surface area contributed by atoms with E-state index in [2.05, 4.69) is 9.97 Å². The molecule has 0 bridgehead atoms. The van der Waals surface area contributed by atoms with Crippen LogP contribution in [0.4, 0.5) is 0 Å². The van der Waals surface area contributed by atoms with E-state index >= 15 is 0 Å². The van der Waals surface area contributed by atoms with E-state index in [1.165, 1.54) is 36.0 Å². The molecule has 0 saturated heterocycles. The summed E-state index contributed by atoms with van der Waals surface area (Å²) in [6, 6.07) is 0. The molecular formula is C10H12MnN2O6S2. The molecule has 0 spiro atoms. The van der Waals surface area contributed by atoms with Crippen LogP contribution in [0.5, 0.6) is 10.4 Å². The van der Waals surface area contributed by atoms with Crippen LogP contribution in [0.15, 0.2) is 12.4 Å². The SMILES string of the molecule is COc1ncc(C=O)s1.COc1ncc(CO)s1.[O]=[Mn]=[O]. The number of hydrogen-bond acceptors (Lipinski definition) is 10. The van der Waals surface area contributed by atoms with Gasteiger partial charge in [-0.1, -0.05) is 22.7 Å². The fraction of sp³-hybridized carbons (Fsp3) is 0.300. The first-order chi connectivity index (χ1) is 10.1. The quantitative estimate of drug-likeness (QED) is 0.629. The first kappa shape index (κ1) is 19.6. The van der Waals surface area contributed by atoms with Crippen molar-refractivity contribution in [2.24, 2.45) is 0 Å². The van der Waals surface area contributed by atoms with Crippen molar-refractivity contribution >= 4 is 29.0 Å². The molecule has 0 aliphatic carbocycles. The normalized spacial score (nSPS) is 8.52. The van der Waals surface area contributed by atoms with Gasteiger partial charge in [-0.25, -0.2) is 9.97 Å². The average Bonchev–Trinajstić information content (AvgIpc) is 3.17. The topological polar surface area (TPSA) is 116 Å². The van der Waals surface area contributed by atoms with E-state index in [1.807, 2.05) is 0 Å². The third kappa shape index (κ3) is 8.48. The van der Waals surface area contributed by atoms with Gasteiger partial charge in [0.2, 0.25) is 0 Å². The van der Waals surface area contributed by atoms with Gasteiger partial charge in [-0.2, -0.15) is 0 Å². The van der Waals surface area contributed by atoms with Crippen LogP contribution in [0, 0.1) is 0 Å². The van der Waals surface area contributed by atoms with E-state index in [1.54, 1.807) is 13.3 Å². The average molecular weight is 375 g/mol. The van der Waals surface area contributed by atoms with Crippen LogP contribution in [0.3, 0.4) is 0 Å². The van der Waals surface area contributed by atoms with Gasteiger partial charge in [0.05, 0.1) is 36.8 Å². The summed E-state index contributed by atoms with van der Waals surface area (Å²) in [7, 11) is 3.08. The fourth-order valence-electron chi connectivity index (χ4n) is 0.876. The van der Waals surface area contributed by atoms with Gasteiger partial charge in [0.1, 0.15) is 0 Å². The zero-order valence-corrected chi connectivity index (χ0v) is 13.8. The summed E-state index contributed by atoms with van der Waals surface area (Å²) in [6.07, 6.45) is 3.83. The summed E-state index contributed by atoms with van der Waals surface area (Å²) < 4.78 is 26.4. The van der Waals surface area contributed by atoms with Crippen molar-refractivity contribution in [2.75, 3.05) is 14.2 Å². The zero-order chi connectivity index (χ0) is 16.1. The molecule has 21 heavy (non-hydrogen) atoms. The molecule has 2 aromatic rings. The Morgan fingerprint density at radius 3 is 2.00 bits per heavy atom. The Balaban J connectivity index is 0.000000322. The molecule has 0 aliphatic rings. The van der Waals surface area contributed by atoms with Crippen molar-refractivity contribution < 1.29 is 41.9 Å². The zero-order valence-electron chi connectivity index (χ0n) is 11.0. The third-order valence-electron chi connectivity index (χ3n) is 1.66. The van der Waals surface area contributed by atoms with Crippen LogP contribution < -0.4 is 9.47 Å². The molecule has 0 saturated carbocycles. The minimum absolute atomic E-state index is 0.0427. The molecule has 0 fully saturated rings. The van der Waals surface area contributed by atoms with Gasteiger partial charge in [-0.15, -0.1) is 0 Å². The number of aliphatic hydroxyl groups is 1. The molecule has 8 nitrogen and oxygen atoms in total. The van der Waals surface area contributed by atoms with E-state index in [0.29, 0.717) is 15.3 Å². The summed E-state index contributed by atoms with van der Waals surface area (Å²) >= 11 is 1.14. The van der Waals surface area contributed by atoms with Gasteiger partial charge >= 0.3 is 22.5 Å². The van der Waals surface area contributed by atoms with Crippen molar-refractivity contribution in [3.05, 3.63) is 22.1 Å². The van der Waals surface area contributed by atoms with Crippen molar-refractivity contribution in [3.8, 4) is 10.4 Å². The molecule has 0 unspecified atom stereocenters. The molecule has 117 valence electrons. The summed E-state index contributed by atoms with van der Waals surface area (Å²) in [4.78, 5) is 19.1. The van der Waals surface area contributed by atoms with Crippen molar-refractivity contribution in [1.29, 1.82) is 0 Å². The van der Waals surface area contributed by atoms with Gasteiger partial charge < -0.3 is 14.6 Å². The second-order valence-corrected chi connectivity index (χ2v) is 5.17. The van der Waals surface area contributed by atoms with Crippen molar-refractivity contribution in [2.45, 2.75) is 6.61 Å². The predicted octanol–water partition coefficient (Wildman–Crippen LogP) is 1.37. The molecular weight excluding hydrogens is 363 g/mol. The Labute approximate surface area is 134 Å². The number of carbonyl (C=O) groups excluding carboxylic acids is 1. The molecule has 1 N–H and O–H groups in total. The van der Waals surface area contributed by atoms with E-state index in [9.17, 15) is 4.79 Å². The minimum atomic E-state index is -1.44. The maximum atomic E-state index is 10.1. The Hall–Kier alpha value is -1.39. The van der Waals surface area contributed by atoms with Crippen LogP contribution >= 0.6 is 22.7 Å². The van der Waals surface area contributed by atoms with E-state index < -0.39 is 14.8 Å². The number of aromatic nitrogens is 2. The number of carbonyl (C=O) groups is 1. The molecule has 0 aromatic carbocycles. The Morgan fingerprint density at radius 1 is 1.19 bits per heavy atom. The molecule has 2 aromatic heterocycles. The number of aliphatic hydroxyl groups excluding tert-OH is 1. The molecule has 0 radical (unpaired) electrons. The van der Waals surface area contributed by atoms with Crippen LogP contribution in [-0.2, 0) is 29.1 Å². The number of methoxy groups -OCH3 is 2. The molecule has 0 atom stereocenters. The van der Waals surface area contributed by atoms with Crippen LogP contribution in [0.1, 0.15) is 14.5 Å². The molecule has 0 aliphatic heterocycles. The second-order valence-electron chi connectivity index (χ2n) is 2.87. The molecule has 2 heterocycles. The van der Waals surface area contributed by atoms with Gasteiger partial charge in [0.25, 0.3) is 10.4 Å². The first-order valence-electron chi connectivity index (χ1n) is 5.08. The number of nitrogens with zero attached hydrogens (tertiary/aromatic N) is 2. The van der Waals surface area contributed by atoms with Crippen LogP contribution in [0.25, 0.3) is 0 Å². The number of rotatable bonds is 4. The molecule has 11 heteroatoms. The summed E-state index contributed by atoms with van der Waals surface area (Å²) in [5.74, 6) is 0. The van der Waals surface area contributed by atoms with Gasteiger partial charge in [-0.05, 0) is 0 Å². The summed E-state index contributed by atoms with van der Waals surface area (Å²) in [5, 5.41) is 9.68. The second kappa shape index (κ2) is 12.4. The number of hydrogen-bond donors (Lipinski definition) is 1. The molecule has 2 rings (SSSR count). The monoisotopic (exact) mass is 375 g/mol. The predicted molar refractivity (Wildman–Crippen MR) is 70.0 cm³/mol. The number of ether oxygens (including phenoxy) is 2. The Bertz CT molecular complexity index is 549. The number of aldehydes is 1. The van der Waals surface area contributed by atoms with Crippen molar-refractivity contribution in [3.63, 3.8) is 0 Å². The first-order valence-corrected chi connectivity index (χ1v) is 7.68. The van der Waals surface area contributed by atoms with Gasteiger partial charge in [-0.3, -0.25) is 4.79 Å². The van der Waals surface area contributed by atoms with Gasteiger partial charge in [0, 0.05) is 6.20 Å². The van der Waals surface area contributed by atoms with Gasteiger partial charge in [0.15, 0.2) is 6.29 Å². The summed E-state index contributed by atoms with van der Waals surface area (Å²) in [6.45, 7) is 0.0427. The fourth-order valence-corrected chi connectivity index (χ4v) is 2.00. The van der Waals surface area contributed by atoms with Crippen LogP contribution in [-0.4, -0.2) is 35.6 Å². The third-order valence-corrected chi connectivity index (χ3v) is 3.48. The maximum absolute atomic E-state index is 10.1. The van der Waals surface area contributed by atoms with E-state index in [0.717, 1.165) is 11.2 Å². The standard InChI is InChI=1S/C5H7NO2S.C5H5NO2S.Mn.2O/c2*1-8-5-6-2-4(3-7)9-5;;;/h2,7H,3H2,1H3;2-3H,1H3;;;. The Kier molecular flexibility index (Phi) is 11.5. The Morgan fingerprint density at radius 2 is 1.71 bits per heavy atom. The van der Waals surface area contributed by atoms with E-state index in [4.69, 9.17) is 22.2 Å². The number of thiazole rings is 2. The van der Waals surface area contributed by atoms with E-state index in [-0.39, 0.29) is 6.61 Å². The van der Waals surface area contributed by atoms with Crippen molar-refractivity contribution in [1.82, 2.24) is 9.97 Å². The van der Waals surface area contributed by atoms with Crippen LogP contribution in [0.2, 0.25) is 0 Å².